The average molecular weight is 639 g/mol. The fraction of sp³-hybridized carbons (Fsp3) is 0.379. The number of benzene rings is 2. The molecule has 1 heterocycles. The van der Waals surface area contributed by atoms with Gasteiger partial charge in [0, 0.05) is 25.1 Å². The Bertz CT molecular complexity index is 1480. The van der Waals surface area contributed by atoms with Crippen molar-refractivity contribution in [2.24, 2.45) is 17.5 Å². The molecule has 11 nitrogen and oxygen atoms in total. The summed E-state index contributed by atoms with van der Waals surface area (Å²) in [5.74, 6) is 3.83. The van der Waals surface area contributed by atoms with Gasteiger partial charge in [0.2, 0.25) is 5.91 Å². The molecule has 244 valence electrons. The Balaban J connectivity index is 1.42. The molecule has 1 unspecified atom stereocenters. The Morgan fingerprint density at radius 3 is 2.62 bits per heavy atom. The summed E-state index contributed by atoms with van der Waals surface area (Å²) in [5.41, 5.74) is 7.27. The van der Waals surface area contributed by atoms with Crippen molar-refractivity contribution in [2.75, 3.05) is 6.54 Å². The third kappa shape index (κ3) is 12.4. The molecular formula is C29H35F5N8O3. The predicted octanol–water partition coefficient (Wildman–Crippen LogP) is 3.46. The first kappa shape index (κ1) is 34.8. The van der Waals surface area contributed by atoms with Gasteiger partial charge in [-0.1, -0.05) is 43.3 Å². The number of nitrogens with two attached hydrogens (primary N) is 2. The van der Waals surface area contributed by atoms with Crippen molar-refractivity contribution in [2.45, 2.75) is 58.7 Å². The van der Waals surface area contributed by atoms with Crippen LogP contribution in [0.15, 0.2) is 60.7 Å². The molecule has 16 heteroatoms. The maximum atomic E-state index is 14.6. The van der Waals surface area contributed by atoms with Crippen LogP contribution < -0.4 is 26.9 Å². The van der Waals surface area contributed by atoms with Crippen molar-refractivity contribution < 1.29 is 36.3 Å². The van der Waals surface area contributed by atoms with Gasteiger partial charge < -0.3 is 26.1 Å². The number of ether oxygens (including phenoxy) is 1. The number of nitrogens with one attached hydrogen (secondary N) is 2. The third-order valence-corrected chi connectivity index (χ3v) is 6.13. The van der Waals surface area contributed by atoms with Gasteiger partial charge in [0.25, 0.3) is 5.91 Å². The van der Waals surface area contributed by atoms with Gasteiger partial charge in [0.1, 0.15) is 23.6 Å². The van der Waals surface area contributed by atoms with E-state index >= 15 is 0 Å². The highest BCUT2D eigenvalue weighted by molar-refractivity contribution is 5.91. The van der Waals surface area contributed by atoms with E-state index in [0.717, 1.165) is 35.3 Å². The van der Waals surface area contributed by atoms with Crippen LogP contribution in [0.5, 0.6) is 5.75 Å². The molecule has 0 aliphatic heterocycles. The standard InChI is InChI=1S/C29H35F5N8O3/c1-18(2)10-20-6-7-24(31)21(11-20)14-37-28(44)25-16-42(40-39-25)9-8-22(30)15-41(36)17-26(35)38-27(43)13-19-4-3-5-23(12-19)45-29(32,33)34/h3-7,11-12,16-18,22H,8-10,13-15,35-36H2,1-2H3,(H,37,44)(H,38,43)/b26-17+. The molecule has 2 aromatic carbocycles. The van der Waals surface area contributed by atoms with Crippen molar-refractivity contribution in [1.82, 2.24) is 30.6 Å². The van der Waals surface area contributed by atoms with Crippen LogP contribution in [0.3, 0.4) is 0 Å². The highest BCUT2D eigenvalue weighted by Gasteiger charge is 2.31. The Hall–Kier alpha value is -4.73. The normalized spacial score (nSPS) is 12.6. The lowest BCUT2D eigenvalue weighted by molar-refractivity contribution is -0.274. The van der Waals surface area contributed by atoms with Crippen LogP contribution in [-0.4, -0.2) is 50.9 Å². The van der Waals surface area contributed by atoms with Crippen LogP contribution in [-0.2, 0) is 30.7 Å². The third-order valence-electron chi connectivity index (χ3n) is 6.13. The molecule has 0 saturated carbocycles. The maximum absolute atomic E-state index is 14.6. The van der Waals surface area contributed by atoms with Gasteiger partial charge in [-0.25, -0.2) is 14.6 Å². The minimum Gasteiger partial charge on any atom is -0.406 e. The lowest BCUT2D eigenvalue weighted by Crippen LogP contribution is -2.36. The quantitative estimate of drug-likeness (QED) is 0.112. The summed E-state index contributed by atoms with van der Waals surface area (Å²) in [6.45, 7) is 3.82. The first-order valence-electron chi connectivity index (χ1n) is 13.9. The molecule has 0 aliphatic rings. The summed E-state index contributed by atoms with van der Waals surface area (Å²) in [5, 5.41) is 13.5. The molecule has 1 atom stereocenters. The van der Waals surface area contributed by atoms with Crippen molar-refractivity contribution in [3.63, 3.8) is 0 Å². The fourth-order valence-electron chi connectivity index (χ4n) is 4.24. The molecule has 3 aromatic rings. The number of hydrogen-bond acceptors (Lipinski definition) is 8. The molecule has 2 amide bonds. The summed E-state index contributed by atoms with van der Waals surface area (Å²) < 4.78 is 71.1. The number of hydrazine groups is 1. The number of amides is 2. The van der Waals surface area contributed by atoms with E-state index in [9.17, 15) is 31.5 Å². The van der Waals surface area contributed by atoms with Crippen molar-refractivity contribution >= 4 is 11.8 Å². The van der Waals surface area contributed by atoms with E-state index in [0.29, 0.717) is 11.5 Å². The van der Waals surface area contributed by atoms with Crippen LogP contribution in [0.25, 0.3) is 0 Å². The van der Waals surface area contributed by atoms with Crippen LogP contribution in [0.2, 0.25) is 0 Å². The van der Waals surface area contributed by atoms with Gasteiger partial charge >= 0.3 is 6.36 Å². The number of aromatic nitrogens is 3. The number of rotatable bonds is 15. The van der Waals surface area contributed by atoms with E-state index in [1.165, 1.54) is 29.1 Å². The SMILES string of the molecule is CC(C)Cc1ccc(F)c(CNC(=O)c2cn(CCC(F)CN(N)/C=C(\N)NC(=O)Cc3cccc(OC(F)(F)F)c3)nn2)c1. The van der Waals surface area contributed by atoms with Gasteiger partial charge in [-0.15, -0.1) is 18.3 Å². The van der Waals surface area contributed by atoms with Crippen molar-refractivity contribution in [3.05, 3.63) is 88.9 Å². The van der Waals surface area contributed by atoms with E-state index in [-0.39, 0.29) is 49.6 Å². The van der Waals surface area contributed by atoms with Crippen molar-refractivity contribution in [1.29, 1.82) is 0 Å². The molecular weight excluding hydrogens is 603 g/mol. The number of nitrogens with zero attached hydrogens (tertiary/aromatic N) is 4. The van der Waals surface area contributed by atoms with Gasteiger partial charge in [0.15, 0.2) is 5.69 Å². The van der Waals surface area contributed by atoms with Gasteiger partial charge in [-0.05, 0) is 41.7 Å². The smallest absolute Gasteiger partial charge is 0.406 e. The predicted molar refractivity (Wildman–Crippen MR) is 154 cm³/mol. The number of aryl methyl sites for hydroxylation is 1. The zero-order chi connectivity index (χ0) is 33.1. The molecule has 1 aromatic heterocycles. The molecule has 0 radical (unpaired) electrons. The zero-order valence-electron chi connectivity index (χ0n) is 24.7. The van der Waals surface area contributed by atoms with Gasteiger partial charge in [0.05, 0.1) is 25.4 Å². The van der Waals surface area contributed by atoms with E-state index < -0.39 is 35.9 Å². The fourth-order valence-corrected chi connectivity index (χ4v) is 4.24. The van der Waals surface area contributed by atoms with Crippen LogP contribution >= 0.6 is 0 Å². The molecule has 0 bridgehead atoms. The van der Waals surface area contributed by atoms with Crippen LogP contribution in [0.4, 0.5) is 22.0 Å². The van der Waals surface area contributed by atoms with Crippen LogP contribution in [0.1, 0.15) is 47.4 Å². The number of hydrogen-bond donors (Lipinski definition) is 4. The molecule has 45 heavy (non-hydrogen) atoms. The van der Waals surface area contributed by atoms with Crippen LogP contribution in [0, 0.1) is 11.7 Å². The first-order valence-corrected chi connectivity index (χ1v) is 13.9. The highest BCUT2D eigenvalue weighted by Crippen LogP contribution is 2.23. The van der Waals surface area contributed by atoms with Gasteiger partial charge in [-0.3, -0.25) is 14.3 Å². The number of carbonyl (C=O) groups excluding carboxylic acids is 2. The summed E-state index contributed by atoms with van der Waals surface area (Å²) in [7, 11) is 0. The number of carbonyl (C=O) groups is 2. The topological polar surface area (TPSA) is 153 Å². The highest BCUT2D eigenvalue weighted by atomic mass is 19.4. The summed E-state index contributed by atoms with van der Waals surface area (Å²) in [6.07, 6.45) is -3.49. The first-order chi connectivity index (χ1) is 21.2. The monoisotopic (exact) mass is 638 g/mol. The minimum absolute atomic E-state index is 0.0179. The number of alkyl halides is 4. The Morgan fingerprint density at radius 2 is 1.91 bits per heavy atom. The second-order valence-electron chi connectivity index (χ2n) is 10.7. The Kier molecular flexibility index (Phi) is 12.2. The molecule has 6 N–H and O–H groups in total. The van der Waals surface area contributed by atoms with E-state index in [4.69, 9.17) is 11.6 Å². The summed E-state index contributed by atoms with van der Waals surface area (Å²) >= 11 is 0. The summed E-state index contributed by atoms with van der Waals surface area (Å²) in [4.78, 5) is 24.7. The Morgan fingerprint density at radius 1 is 1.16 bits per heavy atom. The lowest BCUT2D eigenvalue weighted by Gasteiger charge is -2.18. The molecule has 0 aliphatic carbocycles. The van der Waals surface area contributed by atoms with Gasteiger partial charge in [-0.2, -0.15) is 0 Å². The van der Waals surface area contributed by atoms with Crippen molar-refractivity contribution in [3.8, 4) is 5.75 Å². The largest absolute Gasteiger partial charge is 0.573 e. The molecule has 3 rings (SSSR count). The molecule has 0 saturated heterocycles. The second kappa shape index (κ2) is 15.8. The number of halogens is 5. The molecule has 0 fully saturated rings. The van der Waals surface area contributed by atoms with E-state index in [2.05, 4.69) is 39.5 Å². The average Bonchev–Trinajstić information content (AvgIpc) is 3.40. The van der Waals surface area contributed by atoms with E-state index in [1.807, 2.05) is 0 Å². The molecule has 0 spiro atoms. The zero-order valence-corrected chi connectivity index (χ0v) is 24.7. The lowest BCUT2D eigenvalue weighted by atomic mass is 10.0. The summed E-state index contributed by atoms with van der Waals surface area (Å²) in [6, 6.07) is 9.70. The second-order valence-corrected chi connectivity index (χ2v) is 10.7. The van der Waals surface area contributed by atoms with E-state index in [1.54, 1.807) is 12.1 Å². The Labute approximate surface area is 256 Å². The maximum Gasteiger partial charge on any atom is 0.573 e. The minimum atomic E-state index is -4.87.